The minimum Gasteiger partial charge on any atom is -0.475 e. The summed E-state index contributed by atoms with van der Waals surface area (Å²) in [5.74, 6) is -2.92. The van der Waals surface area contributed by atoms with Gasteiger partial charge in [0.2, 0.25) is 0 Å². The lowest BCUT2D eigenvalue weighted by molar-refractivity contribution is -0.192. The number of aliphatic carboxylic acids is 1. The first-order valence-corrected chi connectivity index (χ1v) is 6.08. The van der Waals surface area contributed by atoms with Crippen molar-refractivity contribution in [2.45, 2.75) is 18.7 Å². The van der Waals surface area contributed by atoms with E-state index in [2.05, 4.69) is 5.32 Å². The minimum atomic E-state index is -5.08. The van der Waals surface area contributed by atoms with E-state index in [-0.39, 0.29) is 0 Å². The molecule has 1 unspecified atom stereocenters. The first-order chi connectivity index (χ1) is 10.2. The molecule has 0 amide bonds. The van der Waals surface area contributed by atoms with Crippen molar-refractivity contribution in [3.63, 3.8) is 0 Å². The Balaban J connectivity index is 0.000000534. The first-order valence-electron chi connectivity index (χ1n) is 6.08. The summed E-state index contributed by atoms with van der Waals surface area (Å²) in [5, 5.41) is 19.4. The highest BCUT2D eigenvalue weighted by atomic mass is 19.4. The minimum absolute atomic E-state index is 0.349. The maximum Gasteiger partial charge on any atom is 0.490 e. The number of hydrogen-bond donors (Lipinski definition) is 3. The van der Waals surface area contributed by atoms with Crippen molar-refractivity contribution in [3.05, 3.63) is 30.3 Å². The van der Waals surface area contributed by atoms with Crippen molar-refractivity contribution in [1.29, 1.82) is 0 Å². The molecule has 124 valence electrons. The molecule has 0 aromatic heterocycles. The van der Waals surface area contributed by atoms with Gasteiger partial charge < -0.3 is 20.3 Å². The molecule has 22 heavy (non-hydrogen) atoms. The van der Waals surface area contributed by atoms with Crippen LogP contribution in [0.25, 0.3) is 0 Å². The fraction of sp³-hybridized carbons (Fsp3) is 0.385. The van der Waals surface area contributed by atoms with Gasteiger partial charge in [-0.15, -0.1) is 0 Å². The average molecular weight is 323 g/mol. The number of ether oxygens (including phenoxy) is 1. The number of aliphatic hydroxyl groups is 1. The molecule has 0 radical (unpaired) electrons. The van der Waals surface area contributed by atoms with Crippen LogP contribution in [0.4, 0.5) is 13.2 Å². The molecular formula is C13H16F3NO5. The third kappa shape index (κ3) is 8.93. The standard InChI is InChI=1S/C11H15NO3.C2HF3O2/c1-12-8-7-10(13)11(14)15-9-5-3-2-4-6-9;3-2(4,5)1(6)7/h2-6,10,12-13H,7-8H2,1H3;(H,6,7). The highest BCUT2D eigenvalue weighted by Crippen LogP contribution is 2.13. The normalized spacial score (nSPS) is 11.9. The molecule has 3 N–H and O–H groups in total. The largest absolute Gasteiger partial charge is 0.490 e. The second kappa shape index (κ2) is 9.74. The van der Waals surface area contributed by atoms with Crippen LogP contribution in [0.2, 0.25) is 0 Å². The number of nitrogens with one attached hydrogen (secondary N) is 1. The quantitative estimate of drug-likeness (QED) is 0.556. The van der Waals surface area contributed by atoms with Gasteiger partial charge in [-0.3, -0.25) is 0 Å². The smallest absolute Gasteiger partial charge is 0.475 e. The van der Waals surface area contributed by atoms with Gasteiger partial charge in [-0.2, -0.15) is 13.2 Å². The van der Waals surface area contributed by atoms with Crippen LogP contribution >= 0.6 is 0 Å². The number of carbonyl (C=O) groups excluding carboxylic acids is 1. The number of carboxylic acid groups (broad SMARTS) is 1. The van der Waals surface area contributed by atoms with E-state index < -0.39 is 24.2 Å². The average Bonchev–Trinajstić information content (AvgIpc) is 2.45. The molecule has 1 aromatic carbocycles. The summed E-state index contributed by atoms with van der Waals surface area (Å²) in [4.78, 5) is 20.2. The number of para-hydroxylation sites is 1. The van der Waals surface area contributed by atoms with Gasteiger partial charge >= 0.3 is 18.1 Å². The SMILES string of the molecule is CNCCC(O)C(=O)Oc1ccccc1.O=C(O)C(F)(F)F. The van der Waals surface area contributed by atoms with Gasteiger partial charge in [-0.05, 0) is 32.1 Å². The molecule has 0 saturated carbocycles. The zero-order valence-corrected chi connectivity index (χ0v) is 11.6. The molecule has 9 heteroatoms. The Morgan fingerprint density at radius 1 is 1.27 bits per heavy atom. The molecule has 1 rings (SSSR count). The number of esters is 1. The Labute approximate surface area is 124 Å². The predicted molar refractivity (Wildman–Crippen MR) is 70.3 cm³/mol. The van der Waals surface area contributed by atoms with Crippen LogP contribution in [0.3, 0.4) is 0 Å². The summed E-state index contributed by atoms with van der Waals surface area (Å²) in [7, 11) is 1.76. The molecule has 0 fully saturated rings. The lowest BCUT2D eigenvalue weighted by Gasteiger charge is -2.09. The van der Waals surface area contributed by atoms with Gasteiger partial charge in [0.05, 0.1) is 0 Å². The van der Waals surface area contributed by atoms with Crippen molar-refractivity contribution < 1.29 is 37.7 Å². The first kappa shape index (κ1) is 19.9. The van der Waals surface area contributed by atoms with Crippen LogP contribution in [0, 0.1) is 0 Å². The van der Waals surface area contributed by atoms with E-state index in [1.165, 1.54) is 0 Å². The molecule has 6 nitrogen and oxygen atoms in total. The highest BCUT2D eigenvalue weighted by Gasteiger charge is 2.38. The monoisotopic (exact) mass is 323 g/mol. The Morgan fingerprint density at radius 2 is 1.77 bits per heavy atom. The van der Waals surface area contributed by atoms with E-state index in [4.69, 9.17) is 14.6 Å². The Morgan fingerprint density at radius 3 is 2.18 bits per heavy atom. The maximum absolute atomic E-state index is 11.3. The Hall–Kier alpha value is -2.13. The van der Waals surface area contributed by atoms with E-state index >= 15 is 0 Å². The zero-order chi connectivity index (χ0) is 17.2. The fourth-order valence-electron chi connectivity index (χ4n) is 1.07. The molecule has 0 aliphatic heterocycles. The summed E-state index contributed by atoms with van der Waals surface area (Å²) in [6.07, 6.45) is -5.81. The molecule has 0 bridgehead atoms. The van der Waals surface area contributed by atoms with E-state index in [1.54, 1.807) is 31.3 Å². The molecule has 0 saturated heterocycles. The summed E-state index contributed by atoms with van der Waals surface area (Å²) in [6, 6.07) is 8.70. The van der Waals surface area contributed by atoms with Crippen molar-refractivity contribution in [2.75, 3.05) is 13.6 Å². The Kier molecular flexibility index (Phi) is 8.80. The van der Waals surface area contributed by atoms with Crippen LogP contribution in [0.5, 0.6) is 5.75 Å². The lowest BCUT2D eigenvalue weighted by Crippen LogP contribution is -2.28. The van der Waals surface area contributed by atoms with Crippen molar-refractivity contribution in [3.8, 4) is 5.75 Å². The fourth-order valence-corrected chi connectivity index (χ4v) is 1.07. The number of benzene rings is 1. The summed E-state index contributed by atoms with van der Waals surface area (Å²) in [5.41, 5.74) is 0. The Bertz CT molecular complexity index is 464. The third-order valence-electron chi connectivity index (χ3n) is 2.14. The number of rotatable bonds is 5. The number of aliphatic hydroxyl groups excluding tert-OH is 1. The van der Waals surface area contributed by atoms with Crippen molar-refractivity contribution >= 4 is 11.9 Å². The number of carboxylic acids is 1. The molecule has 0 spiro atoms. The van der Waals surface area contributed by atoms with Gasteiger partial charge in [0.15, 0.2) is 6.10 Å². The van der Waals surface area contributed by atoms with Crippen LogP contribution < -0.4 is 10.1 Å². The predicted octanol–water partition coefficient (Wildman–Crippen LogP) is 1.20. The second-order valence-electron chi connectivity index (χ2n) is 3.95. The molecule has 0 aliphatic rings. The summed E-state index contributed by atoms with van der Waals surface area (Å²) in [6.45, 7) is 0.574. The van der Waals surface area contributed by atoms with Crippen LogP contribution in [0.15, 0.2) is 30.3 Å². The molecule has 0 heterocycles. The van der Waals surface area contributed by atoms with E-state index in [0.29, 0.717) is 18.7 Å². The van der Waals surface area contributed by atoms with Gasteiger partial charge in [-0.25, -0.2) is 9.59 Å². The second-order valence-corrected chi connectivity index (χ2v) is 3.95. The van der Waals surface area contributed by atoms with Gasteiger partial charge in [-0.1, -0.05) is 18.2 Å². The van der Waals surface area contributed by atoms with E-state index in [0.717, 1.165) is 0 Å². The number of carbonyl (C=O) groups is 2. The van der Waals surface area contributed by atoms with E-state index in [9.17, 15) is 23.1 Å². The van der Waals surface area contributed by atoms with Crippen LogP contribution in [0.1, 0.15) is 6.42 Å². The molecule has 1 atom stereocenters. The van der Waals surface area contributed by atoms with Gasteiger partial charge in [0.25, 0.3) is 0 Å². The maximum atomic E-state index is 11.3. The van der Waals surface area contributed by atoms with Crippen LogP contribution in [-0.4, -0.2) is 48.0 Å². The van der Waals surface area contributed by atoms with E-state index in [1.807, 2.05) is 6.07 Å². The van der Waals surface area contributed by atoms with Gasteiger partial charge in [0.1, 0.15) is 5.75 Å². The topological polar surface area (TPSA) is 95.9 Å². The number of halogens is 3. The van der Waals surface area contributed by atoms with Crippen molar-refractivity contribution in [2.24, 2.45) is 0 Å². The third-order valence-corrected chi connectivity index (χ3v) is 2.14. The molecule has 0 aliphatic carbocycles. The lowest BCUT2D eigenvalue weighted by atomic mass is 10.2. The zero-order valence-electron chi connectivity index (χ0n) is 11.6. The van der Waals surface area contributed by atoms with Crippen molar-refractivity contribution in [1.82, 2.24) is 5.32 Å². The summed E-state index contributed by atoms with van der Waals surface area (Å²) >= 11 is 0. The summed E-state index contributed by atoms with van der Waals surface area (Å²) < 4.78 is 36.7. The molecule has 1 aromatic rings. The molecular weight excluding hydrogens is 307 g/mol. The van der Waals surface area contributed by atoms with Crippen LogP contribution in [-0.2, 0) is 9.59 Å². The highest BCUT2D eigenvalue weighted by molar-refractivity contribution is 5.76. The van der Waals surface area contributed by atoms with Gasteiger partial charge in [0, 0.05) is 0 Å². The number of hydrogen-bond acceptors (Lipinski definition) is 5. The number of alkyl halides is 3.